The van der Waals surface area contributed by atoms with Crippen LogP contribution in [0, 0.1) is 0 Å². The van der Waals surface area contributed by atoms with E-state index in [1.807, 2.05) is 12.1 Å². The molecule has 104 valence electrons. The van der Waals surface area contributed by atoms with Crippen LogP contribution in [0.2, 0.25) is 0 Å². The topological polar surface area (TPSA) is 101 Å². The van der Waals surface area contributed by atoms with E-state index in [0.717, 1.165) is 5.69 Å². The normalized spacial score (nSPS) is 18.7. The number of primary amides is 1. The number of urea groups is 1. The minimum Gasteiger partial charge on any atom is -0.382 e. The van der Waals surface area contributed by atoms with E-state index in [1.165, 1.54) is 0 Å². The molecule has 0 bridgehead atoms. The molecule has 7 heteroatoms. The number of hydrogen-bond acceptors (Lipinski definition) is 4. The summed E-state index contributed by atoms with van der Waals surface area (Å²) < 4.78 is 22.6. The maximum atomic E-state index is 11.3. The number of benzene rings is 1. The van der Waals surface area contributed by atoms with Crippen molar-refractivity contribution in [3.63, 3.8) is 0 Å². The Morgan fingerprint density at radius 3 is 2.16 bits per heavy atom. The van der Waals surface area contributed by atoms with Crippen molar-refractivity contribution < 1.29 is 13.2 Å². The number of nitrogens with one attached hydrogen (secondary N) is 2. The van der Waals surface area contributed by atoms with Gasteiger partial charge in [0.15, 0.2) is 0 Å². The minimum absolute atomic E-state index is 0.179. The van der Waals surface area contributed by atoms with Crippen LogP contribution in [0.25, 0.3) is 0 Å². The molecule has 6 nitrogen and oxygen atoms in total. The summed E-state index contributed by atoms with van der Waals surface area (Å²) in [5.41, 5.74) is 6.55. The fraction of sp³-hybridized carbons (Fsp3) is 0.417. The molecule has 0 spiro atoms. The average molecular weight is 283 g/mol. The summed E-state index contributed by atoms with van der Waals surface area (Å²) in [5, 5.41) is 5.77. The number of anilines is 2. The van der Waals surface area contributed by atoms with Gasteiger partial charge in [-0.1, -0.05) is 0 Å². The minimum atomic E-state index is -2.83. The average Bonchev–Trinajstić information content (AvgIpc) is 2.34. The van der Waals surface area contributed by atoms with Crippen molar-refractivity contribution in [2.45, 2.75) is 18.9 Å². The second kappa shape index (κ2) is 5.48. The zero-order valence-corrected chi connectivity index (χ0v) is 11.2. The first-order valence-corrected chi connectivity index (χ1v) is 7.90. The monoisotopic (exact) mass is 283 g/mol. The molecule has 0 radical (unpaired) electrons. The van der Waals surface area contributed by atoms with E-state index >= 15 is 0 Å². The Balaban J connectivity index is 1.91. The van der Waals surface area contributed by atoms with Crippen molar-refractivity contribution >= 4 is 27.2 Å². The van der Waals surface area contributed by atoms with Crippen molar-refractivity contribution in [2.24, 2.45) is 5.73 Å². The third-order valence-corrected chi connectivity index (χ3v) is 4.79. The highest BCUT2D eigenvalue weighted by molar-refractivity contribution is 7.91. The number of carbonyl (C=O) groups is 1. The van der Waals surface area contributed by atoms with E-state index in [4.69, 9.17) is 5.73 Å². The van der Waals surface area contributed by atoms with Crippen molar-refractivity contribution in [1.29, 1.82) is 0 Å². The fourth-order valence-corrected chi connectivity index (χ4v) is 3.55. The van der Waals surface area contributed by atoms with Gasteiger partial charge in [0, 0.05) is 17.4 Å². The van der Waals surface area contributed by atoms with Crippen LogP contribution in [0.3, 0.4) is 0 Å². The molecule has 2 rings (SSSR count). The zero-order valence-electron chi connectivity index (χ0n) is 10.4. The molecular formula is C12H17N3O3S. The molecule has 2 amide bonds. The molecule has 19 heavy (non-hydrogen) atoms. The van der Waals surface area contributed by atoms with Gasteiger partial charge < -0.3 is 16.4 Å². The van der Waals surface area contributed by atoms with Gasteiger partial charge in [0.1, 0.15) is 9.84 Å². The molecule has 0 atom stereocenters. The molecule has 0 aromatic heterocycles. The largest absolute Gasteiger partial charge is 0.382 e. The molecule has 1 aliphatic heterocycles. The first-order valence-electron chi connectivity index (χ1n) is 6.08. The predicted octanol–water partition coefficient (Wildman–Crippen LogP) is 1.17. The lowest BCUT2D eigenvalue weighted by Crippen LogP contribution is -2.32. The van der Waals surface area contributed by atoms with Crippen molar-refractivity contribution in [2.75, 3.05) is 22.1 Å². The van der Waals surface area contributed by atoms with Crippen molar-refractivity contribution in [1.82, 2.24) is 0 Å². The number of nitrogens with two attached hydrogens (primary N) is 1. The standard InChI is InChI=1S/C12H17N3O3S/c13-12(16)15-10-3-1-9(2-4-10)14-11-5-7-19(17,18)8-6-11/h1-4,11,14H,5-8H2,(H3,13,15,16). The quantitative estimate of drug-likeness (QED) is 0.775. The summed E-state index contributed by atoms with van der Waals surface area (Å²) in [6.07, 6.45) is 1.26. The number of hydrogen-bond donors (Lipinski definition) is 3. The van der Waals surface area contributed by atoms with Crippen LogP contribution < -0.4 is 16.4 Å². The van der Waals surface area contributed by atoms with Gasteiger partial charge in [-0.15, -0.1) is 0 Å². The van der Waals surface area contributed by atoms with Gasteiger partial charge in [-0.05, 0) is 37.1 Å². The smallest absolute Gasteiger partial charge is 0.316 e. The van der Waals surface area contributed by atoms with Crippen LogP contribution in [-0.2, 0) is 9.84 Å². The lowest BCUT2D eigenvalue weighted by molar-refractivity contribution is 0.259. The van der Waals surface area contributed by atoms with Crippen LogP contribution in [0.4, 0.5) is 16.2 Å². The molecule has 1 heterocycles. The van der Waals surface area contributed by atoms with Gasteiger partial charge in [-0.25, -0.2) is 13.2 Å². The van der Waals surface area contributed by atoms with Crippen LogP contribution in [-0.4, -0.2) is 32.0 Å². The molecule has 1 aromatic carbocycles. The van der Waals surface area contributed by atoms with Gasteiger partial charge in [-0.3, -0.25) is 0 Å². The van der Waals surface area contributed by atoms with Crippen LogP contribution in [0.5, 0.6) is 0 Å². The Bertz CT molecular complexity index is 540. The number of carbonyl (C=O) groups excluding carboxylic acids is 1. The van der Waals surface area contributed by atoms with Gasteiger partial charge in [0.2, 0.25) is 0 Å². The van der Waals surface area contributed by atoms with Crippen LogP contribution >= 0.6 is 0 Å². The number of amides is 2. The van der Waals surface area contributed by atoms with E-state index in [2.05, 4.69) is 10.6 Å². The maximum Gasteiger partial charge on any atom is 0.316 e. The zero-order chi connectivity index (χ0) is 13.9. The lowest BCUT2D eigenvalue weighted by atomic mass is 10.1. The second-order valence-electron chi connectivity index (χ2n) is 4.64. The highest BCUT2D eigenvalue weighted by atomic mass is 32.2. The predicted molar refractivity (Wildman–Crippen MR) is 74.9 cm³/mol. The van der Waals surface area contributed by atoms with Gasteiger partial charge >= 0.3 is 6.03 Å². The molecule has 4 N–H and O–H groups in total. The van der Waals surface area contributed by atoms with E-state index in [-0.39, 0.29) is 17.5 Å². The van der Waals surface area contributed by atoms with Gasteiger partial charge in [0.05, 0.1) is 11.5 Å². The van der Waals surface area contributed by atoms with Gasteiger partial charge in [-0.2, -0.15) is 0 Å². The summed E-state index contributed by atoms with van der Waals surface area (Å²) in [6.45, 7) is 0. The second-order valence-corrected chi connectivity index (χ2v) is 6.94. The van der Waals surface area contributed by atoms with E-state index in [9.17, 15) is 13.2 Å². The highest BCUT2D eigenvalue weighted by Crippen LogP contribution is 2.19. The molecule has 1 aromatic rings. The molecule has 1 aliphatic rings. The lowest BCUT2D eigenvalue weighted by Gasteiger charge is -2.24. The molecule has 0 unspecified atom stereocenters. The first kappa shape index (κ1) is 13.7. The van der Waals surface area contributed by atoms with E-state index in [0.29, 0.717) is 18.5 Å². The Morgan fingerprint density at radius 2 is 1.63 bits per heavy atom. The third-order valence-electron chi connectivity index (χ3n) is 3.08. The van der Waals surface area contributed by atoms with Crippen molar-refractivity contribution in [3.8, 4) is 0 Å². The van der Waals surface area contributed by atoms with E-state index < -0.39 is 15.9 Å². The van der Waals surface area contributed by atoms with Crippen LogP contribution in [0.15, 0.2) is 24.3 Å². The molecule has 1 saturated heterocycles. The molecular weight excluding hydrogens is 266 g/mol. The van der Waals surface area contributed by atoms with Crippen LogP contribution in [0.1, 0.15) is 12.8 Å². The Morgan fingerprint density at radius 1 is 1.11 bits per heavy atom. The molecule has 0 aliphatic carbocycles. The molecule has 0 saturated carbocycles. The van der Waals surface area contributed by atoms with Gasteiger partial charge in [0.25, 0.3) is 0 Å². The summed E-state index contributed by atoms with van der Waals surface area (Å²) in [6, 6.07) is 6.72. The fourth-order valence-electron chi connectivity index (χ4n) is 2.06. The summed E-state index contributed by atoms with van der Waals surface area (Å²) >= 11 is 0. The third kappa shape index (κ3) is 4.13. The highest BCUT2D eigenvalue weighted by Gasteiger charge is 2.23. The number of sulfone groups is 1. The Labute approximate surface area is 112 Å². The Kier molecular flexibility index (Phi) is 3.94. The summed E-state index contributed by atoms with van der Waals surface area (Å²) in [5.74, 6) is 0.484. The van der Waals surface area contributed by atoms with Crippen molar-refractivity contribution in [3.05, 3.63) is 24.3 Å². The summed E-state index contributed by atoms with van der Waals surface area (Å²) in [4.78, 5) is 10.7. The summed E-state index contributed by atoms with van der Waals surface area (Å²) in [7, 11) is -2.83. The first-order chi connectivity index (χ1) is 8.94. The number of rotatable bonds is 3. The van der Waals surface area contributed by atoms with E-state index in [1.54, 1.807) is 12.1 Å². The molecule has 1 fully saturated rings. The maximum absolute atomic E-state index is 11.3. The Hall–Kier alpha value is -1.76. The SMILES string of the molecule is NC(=O)Nc1ccc(NC2CCS(=O)(=O)CC2)cc1.